The first kappa shape index (κ1) is 28.0. The molecular weight excluding hydrogens is 522 g/mol. The van der Waals surface area contributed by atoms with E-state index >= 15 is 0 Å². The summed E-state index contributed by atoms with van der Waals surface area (Å²) in [6.07, 6.45) is 7.38. The van der Waals surface area contributed by atoms with Crippen molar-refractivity contribution in [1.82, 2.24) is 9.88 Å². The summed E-state index contributed by atoms with van der Waals surface area (Å²) < 4.78 is 13.1. The van der Waals surface area contributed by atoms with Gasteiger partial charge in [0.25, 0.3) is 0 Å². The highest BCUT2D eigenvalue weighted by Gasteiger charge is 2.31. The number of aliphatic hydroxyl groups excluding tert-OH is 1. The molecule has 1 aliphatic carbocycles. The van der Waals surface area contributed by atoms with Crippen LogP contribution in [-0.2, 0) is 32.6 Å². The summed E-state index contributed by atoms with van der Waals surface area (Å²) in [5, 5.41) is 19.1. The minimum Gasteiger partial charge on any atom is -0.488 e. The van der Waals surface area contributed by atoms with Crippen molar-refractivity contribution >= 4 is 0 Å². The number of benzene rings is 3. The van der Waals surface area contributed by atoms with Crippen LogP contribution in [0.1, 0.15) is 57.3 Å². The number of rotatable bonds is 10. The zero-order chi connectivity index (χ0) is 29.1. The highest BCUT2D eigenvalue weighted by atomic mass is 16.5. The van der Waals surface area contributed by atoms with Gasteiger partial charge in [0.1, 0.15) is 30.8 Å². The highest BCUT2D eigenvalue weighted by molar-refractivity contribution is 5.68. The SMILES string of the molecule is Cc1ccc(-c2cccc(COc3cc(OCc4cncc(C#N)c4)c(CN4CCC4CO)c4c3CCC4)c2C)cc1. The minimum absolute atomic E-state index is 0.174. The van der Waals surface area contributed by atoms with E-state index in [4.69, 9.17) is 9.47 Å². The van der Waals surface area contributed by atoms with E-state index in [1.165, 1.54) is 38.9 Å². The van der Waals surface area contributed by atoms with Crippen LogP contribution in [0.5, 0.6) is 11.5 Å². The van der Waals surface area contributed by atoms with E-state index in [0.717, 1.165) is 61.4 Å². The average molecular weight is 560 g/mol. The molecule has 4 aromatic rings. The van der Waals surface area contributed by atoms with Gasteiger partial charge in [-0.3, -0.25) is 9.88 Å². The summed E-state index contributed by atoms with van der Waals surface area (Å²) in [5.41, 5.74) is 11.2. The lowest BCUT2D eigenvalue weighted by Crippen LogP contribution is -2.49. The molecule has 2 heterocycles. The van der Waals surface area contributed by atoms with Crippen LogP contribution in [-0.4, -0.2) is 34.2 Å². The van der Waals surface area contributed by atoms with Gasteiger partial charge < -0.3 is 14.6 Å². The molecule has 1 unspecified atom stereocenters. The molecule has 6 heteroatoms. The van der Waals surface area contributed by atoms with E-state index in [2.05, 4.69) is 78.3 Å². The van der Waals surface area contributed by atoms with Crippen LogP contribution in [0.3, 0.4) is 0 Å². The maximum absolute atomic E-state index is 9.82. The molecule has 42 heavy (non-hydrogen) atoms. The van der Waals surface area contributed by atoms with Gasteiger partial charge in [-0.15, -0.1) is 0 Å². The molecule has 1 saturated heterocycles. The van der Waals surface area contributed by atoms with Crippen molar-refractivity contribution in [3.8, 4) is 28.7 Å². The van der Waals surface area contributed by atoms with Crippen LogP contribution in [0.4, 0.5) is 0 Å². The van der Waals surface area contributed by atoms with Crippen LogP contribution in [0, 0.1) is 25.2 Å². The second-order valence-corrected chi connectivity index (χ2v) is 11.5. The molecule has 1 aromatic heterocycles. The maximum Gasteiger partial charge on any atom is 0.128 e. The number of aliphatic hydroxyl groups is 1. The van der Waals surface area contributed by atoms with Crippen molar-refractivity contribution < 1.29 is 14.6 Å². The van der Waals surface area contributed by atoms with Crippen LogP contribution in [0.15, 0.2) is 67.0 Å². The summed E-state index contributed by atoms with van der Waals surface area (Å²) in [5.74, 6) is 1.69. The lowest BCUT2D eigenvalue weighted by Gasteiger charge is -2.40. The van der Waals surface area contributed by atoms with Gasteiger partial charge in [0.15, 0.2) is 0 Å². The van der Waals surface area contributed by atoms with Crippen molar-refractivity contribution in [3.63, 3.8) is 0 Å². The predicted octanol–water partition coefficient (Wildman–Crippen LogP) is 6.45. The monoisotopic (exact) mass is 559 g/mol. The Labute approximate surface area is 248 Å². The topological polar surface area (TPSA) is 78.6 Å². The van der Waals surface area contributed by atoms with Crippen molar-refractivity contribution in [2.75, 3.05) is 13.2 Å². The van der Waals surface area contributed by atoms with Gasteiger partial charge in [0, 0.05) is 48.7 Å². The molecule has 1 aliphatic heterocycles. The number of aryl methyl sites for hydroxylation is 1. The number of nitriles is 1. The van der Waals surface area contributed by atoms with Gasteiger partial charge in [0.05, 0.1) is 12.2 Å². The average Bonchev–Trinajstić information content (AvgIpc) is 3.49. The fraction of sp³-hybridized carbons (Fsp3) is 0.333. The molecule has 0 bridgehead atoms. The van der Waals surface area contributed by atoms with E-state index in [1.807, 2.05) is 6.07 Å². The summed E-state index contributed by atoms with van der Waals surface area (Å²) in [6, 6.07) is 21.3. The number of pyridine rings is 1. The van der Waals surface area contributed by atoms with Gasteiger partial charge in [-0.1, -0.05) is 48.0 Å². The van der Waals surface area contributed by atoms with Crippen LogP contribution >= 0.6 is 0 Å². The first-order chi connectivity index (χ1) is 20.5. The van der Waals surface area contributed by atoms with E-state index in [9.17, 15) is 10.4 Å². The number of likely N-dealkylation sites (tertiary alicyclic amines) is 1. The van der Waals surface area contributed by atoms with E-state index in [1.54, 1.807) is 12.4 Å². The van der Waals surface area contributed by atoms with Crippen LogP contribution < -0.4 is 9.47 Å². The maximum atomic E-state index is 9.82. The second kappa shape index (κ2) is 12.4. The number of aromatic nitrogens is 1. The molecule has 0 radical (unpaired) electrons. The number of fused-ring (bicyclic) bond motifs is 1. The Kier molecular flexibility index (Phi) is 8.23. The third-order valence-corrected chi connectivity index (χ3v) is 8.79. The molecule has 214 valence electrons. The van der Waals surface area contributed by atoms with E-state index < -0.39 is 0 Å². The summed E-state index contributed by atoms with van der Waals surface area (Å²) in [7, 11) is 0. The fourth-order valence-electron chi connectivity index (χ4n) is 6.16. The normalized spacial score (nSPS) is 16.0. The molecule has 6 nitrogen and oxygen atoms in total. The first-order valence-corrected chi connectivity index (χ1v) is 14.8. The summed E-state index contributed by atoms with van der Waals surface area (Å²) in [4.78, 5) is 6.53. The number of ether oxygens (including phenoxy) is 2. The lowest BCUT2D eigenvalue weighted by molar-refractivity contribution is 0.0346. The van der Waals surface area contributed by atoms with Crippen molar-refractivity contribution in [3.05, 3.63) is 111 Å². The molecule has 1 fully saturated rings. The van der Waals surface area contributed by atoms with Crippen molar-refractivity contribution in [2.45, 2.75) is 65.3 Å². The van der Waals surface area contributed by atoms with Crippen LogP contribution in [0.25, 0.3) is 11.1 Å². The first-order valence-electron chi connectivity index (χ1n) is 14.8. The quantitative estimate of drug-likeness (QED) is 0.241. The van der Waals surface area contributed by atoms with Gasteiger partial charge >= 0.3 is 0 Å². The molecule has 1 atom stereocenters. The Bertz CT molecular complexity index is 1620. The standard InChI is InChI=1S/C36H37N3O3/c1-24-9-11-28(12-10-24)31-6-3-5-29(25(31)2)23-42-35-16-36(41-22-27-15-26(17-37)18-38-19-27)34(32-7-4-8-33(32)35)20-39-14-13-30(39)21-40/h3,5-6,9-12,15-16,18-19,30,40H,4,7-8,13-14,20-23H2,1-2H3. The smallest absolute Gasteiger partial charge is 0.128 e. The molecule has 3 aromatic carbocycles. The summed E-state index contributed by atoms with van der Waals surface area (Å²) in [6.45, 7) is 6.97. The van der Waals surface area contributed by atoms with Gasteiger partial charge in [-0.25, -0.2) is 0 Å². The molecule has 6 rings (SSSR count). The van der Waals surface area contributed by atoms with E-state index in [-0.39, 0.29) is 12.6 Å². The van der Waals surface area contributed by atoms with Gasteiger partial charge in [0.2, 0.25) is 0 Å². The third kappa shape index (κ3) is 5.76. The Morgan fingerprint density at radius 1 is 0.976 bits per heavy atom. The van der Waals surface area contributed by atoms with Crippen molar-refractivity contribution in [2.24, 2.45) is 0 Å². The molecule has 2 aliphatic rings. The molecule has 0 spiro atoms. The van der Waals surface area contributed by atoms with Crippen LogP contribution in [0.2, 0.25) is 0 Å². The minimum atomic E-state index is 0.174. The van der Waals surface area contributed by atoms with Crippen molar-refractivity contribution in [1.29, 1.82) is 5.26 Å². The fourth-order valence-corrected chi connectivity index (χ4v) is 6.16. The Hall–Kier alpha value is -4.18. The Morgan fingerprint density at radius 2 is 1.79 bits per heavy atom. The molecule has 1 N–H and O–H groups in total. The van der Waals surface area contributed by atoms with E-state index in [0.29, 0.717) is 18.8 Å². The zero-order valence-corrected chi connectivity index (χ0v) is 24.4. The Morgan fingerprint density at radius 3 is 2.55 bits per heavy atom. The predicted molar refractivity (Wildman–Crippen MR) is 163 cm³/mol. The zero-order valence-electron chi connectivity index (χ0n) is 24.4. The summed E-state index contributed by atoms with van der Waals surface area (Å²) >= 11 is 0. The molecule has 0 saturated carbocycles. The second-order valence-electron chi connectivity index (χ2n) is 11.5. The third-order valence-electron chi connectivity index (χ3n) is 8.79. The number of hydrogen-bond donors (Lipinski definition) is 1. The highest BCUT2D eigenvalue weighted by Crippen LogP contribution is 2.41. The lowest BCUT2D eigenvalue weighted by atomic mass is 9.96. The molecule has 0 amide bonds. The van der Waals surface area contributed by atoms with Gasteiger partial charge in [-0.05, 0) is 79.0 Å². The number of hydrogen-bond acceptors (Lipinski definition) is 6. The molecular formula is C36H37N3O3. The largest absolute Gasteiger partial charge is 0.488 e. The van der Waals surface area contributed by atoms with Gasteiger partial charge in [-0.2, -0.15) is 5.26 Å². The number of nitrogens with zero attached hydrogens (tertiary/aromatic N) is 3. The Balaban J connectivity index is 1.30.